The van der Waals surface area contributed by atoms with Crippen molar-refractivity contribution in [3.8, 4) is 0 Å². The molecule has 9 unspecified atom stereocenters. The molecule has 7 heteroatoms. The Bertz CT molecular complexity index is 824. The minimum absolute atomic E-state index is 0.0287. The quantitative estimate of drug-likeness (QED) is 0.633. The topological polar surface area (TPSA) is 94.8 Å². The highest BCUT2D eigenvalue weighted by Crippen LogP contribution is 2.70. The Labute approximate surface area is 162 Å². The number of aliphatic hydroxyl groups excluding tert-OH is 1. The van der Waals surface area contributed by atoms with Gasteiger partial charge in [-0.05, 0) is 55.7 Å². The first-order valence-electron chi connectivity index (χ1n) is 9.76. The van der Waals surface area contributed by atoms with Crippen molar-refractivity contribution in [1.82, 2.24) is 0 Å². The van der Waals surface area contributed by atoms with Crippen LogP contribution in [-0.2, 0) is 9.59 Å². The number of halogens is 2. The Hall–Kier alpha value is -1.60. The van der Waals surface area contributed by atoms with Crippen LogP contribution in [0.1, 0.15) is 40.0 Å². The van der Waals surface area contributed by atoms with E-state index >= 15 is 8.78 Å². The molecule has 0 heterocycles. The fraction of sp³-hybridized carbons (Fsp3) is 0.714. The molecule has 4 rings (SSSR count). The maximum atomic E-state index is 16.8. The molecule has 0 aromatic rings. The monoisotopic (exact) mass is 396 g/mol. The maximum Gasteiger partial charge on any atom is 0.336 e. The van der Waals surface area contributed by atoms with Crippen molar-refractivity contribution in [2.24, 2.45) is 28.6 Å². The number of rotatable bonds is 1. The SMILES string of the molecule is CC1CC2C3CC(F)C4=CC(=O)C=CC4(C)C3(F)C(O)CC2(C)C1(O)C(=O)O. The van der Waals surface area contributed by atoms with Gasteiger partial charge in [0.05, 0.1) is 6.10 Å². The van der Waals surface area contributed by atoms with Gasteiger partial charge in [-0.1, -0.05) is 19.9 Å². The van der Waals surface area contributed by atoms with Crippen molar-refractivity contribution in [1.29, 1.82) is 0 Å². The number of aliphatic hydroxyl groups is 2. The zero-order valence-electron chi connectivity index (χ0n) is 16.2. The van der Waals surface area contributed by atoms with E-state index in [1.165, 1.54) is 19.1 Å². The van der Waals surface area contributed by atoms with E-state index in [4.69, 9.17) is 0 Å². The molecule has 3 fully saturated rings. The number of ketones is 1. The van der Waals surface area contributed by atoms with Gasteiger partial charge in [0.15, 0.2) is 17.1 Å². The third-order valence-corrected chi connectivity index (χ3v) is 8.54. The highest BCUT2D eigenvalue weighted by atomic mass is 19.1. The van der Waals surface area contributed by atoms with Crippen molar-refractivity contribution >= 4 is 11.8 Å². The average Bonchev–Trinajstić information content (AvgIpc) is 2.81. The molecule has 0 saturated heterocycles. The van der Waals surface area contributed by atoms with Crippen LogP contribution < -0.4 is 0 Å². The van der Waals surface area contributed by atoms with Gasteiger partial charge < -0.3 is 15.3 Å². The summed E-state index contributed by atoms with van der Waals surface area (Å²) in [5.74, 6) is -4.07. The number of carboxylic acid groups (broad SMARTS) is 1. The van der Waals surface area contributed by atoms with E-state index < -0.39 is 63.9 Å². The van der Waals surface area contributed by atoms with Crippen molar-refractivity contribution in [3.05, 3.63) is 23.8 Å². The molecule has 0 aromatic carbocycles. The van der Waals surface area contributed by atoms with E-state index in [0.29, 0.717) is 0 Å². The molecule has 9 atom stereocenters. The highest BCUT2D eigenvalue weighted by molar-refractivity contribution is 6.01. The lowest BCUT2D eigenvalue weighted by molar-refractivity contribution is -0.229. The number of alkyl halides is 2. The summed E-state index contributed by atoms with van der Waals surface area (Å²) in [5, 5.41) is 31.8. The van der Waals surface area contributed by atoms with E-state index in [0.717, 1.165) is 6.08 Å². The van der Waals surface area contributed by atoms with Crippen LogP contribution in [0, 0.1) is 28.6 Å². The summed E-state index contributed by atoms with van der Waals surface area (Å²) in [4.78, 5) is 23.7. The fourth-order valence-electron chi connectivity index (χ4n) is 7.00. The van der Waals surface area contributed by atoms with Gasteiger partial charge in [-0.25, -0.2) is 13.6 Å². The predicted molar refractivity (Wildman–Crippen MR) is 95.8 cm³/mol. The largest absolute Gasteiger partial charge is 0.479 e. The summed E-state index contributed by atoms with van der Waals surface area (Å²) in [5.41, 5.74) is -7.14. The first kappa shape index (κ1) is 19.7. The minimum atomic E-state index is -2.26. The summed E-state index contributed by atoms with van der Waals surface area (Å²) in [6.45, 7) is 4.67. The van der Waals surface area contributed by atoms with Crippen molar-refractivity contribution < 1.29 is 33.7 Å². The second-order valence-corrected chi connectivity index (χ2v) is 9.57. The van der Waals surface area contributed by atoms with Crippen LogP contribution >= 0.6 is 0 Å². The molecule has 4 aliphatic rings. The van der Waals surface area contributed by atoms with Gasteiger partial charge in [0.2, 0.25) is 0 Å². The lowest BCUT2D eigenvalue weighted by atomic mass is 9.44. The summed E-state index contributed by atoms with van der Waals surface area (Å²) >= 11 is 0. The standard InChI is InChI=1S/C21H26F2O5/c1-10-6-12-13-8-15(22)14-7-11(24)4-5-18(14,2)20(13,23)16(25)9-19(12,3)21(10,28)17(26)27/h4-5,7,10,12-13,15-16,25,28H,6,8-9H2,1-3H3,(H,26,27). The zero-order valence-corrected chi connectivity index (χ0v) is 16.2. The van der Waals surface area contributed by atoms with Crippen LogP contribution in [0.3, 0.4) is 0 Å². The molecule has 0 aliphatic heterocycles. The Balaban J connectivity index is 1.88. The van der Waals surface area contributed by atoms with Crippen molar-refractivity contribution in [3.63, 3.8) is 0 Å². The summed E-state index contributed by atoms with van der Waals surface area (Å²) < 4.78 is 31.9. The van der Waals surface area contributed by atoms with Crippen LogP contribution in [0.4, 0.5) is 8.78 Å². The third-order valence-electron chi connectivity index (χ3n) is 8.54. The minimum Gasteiger partial charge on any atom is -0.479 e. The molecule has 28 heavy (non-hydrogen) atoms. The van der Waals surface area contributed by atoms with Gasteiger partial charge in [0.1, 0.15) is 6.17 Å². The van der Waals surface area contributed by atoms with E-state index in [9.17, 15) is 24.9 Å². The lowest BCUT2D eigenvalue weighted by Crippen LogP contribution is -2.70. The smallest absolute Gasteiger partial charge is 0.336 e. The second-order valence-electron chi connectivity index (χ2n) is 9.57. The number of hydrogen-bond donors (Lipinski definition) is 3. The van der Waals surface area contributed by atoms with E-state index in [2.05, 4.69) is 0 Å². The van der Waals surface area contributed by atoms with Crippen LogP contribution in [0.25, 0.3) is 0 Å². The van der Waals surface area contributed by atoms with Crippen LogP contribution in [0.15, 0.2) is 23.8 Å². The molecule has 3 saturated carbocycles. The lowest BCUT2D eigenvalue weighted by Gasteiger charge is -2.62. The molecule has 0 amide bonds. The molecular formula is C21H26F2O5. The number of carbonyl (C=O) groups is 2. The maximum absolute atomic E-state index is 16.8. The number of carbonyl (C=O) groups excluding carboxylic acids is 1. The number of aliphatic carboxylic acids is 1. The molecule has 3 N–H and O–H groups in total. The zero-order chi connectivity index (χ0) is 20.9. The Morgan fingerprint density at radius 2 is 1.89 bits per heavy atom. The van der Waals surface area contributed by atoms with Gasteiger partial charge in [0, 0.05) is 16.7 Å². The van der Waals surface area contributed by atoms with Crippen LogP contribution in [-0.4, -0.2) is 50.6 Å². The first-order chi connectivity index (χ1) is 12.8. The average molecular weight is 396 g/mol. The first-order valence-corrected chi connectivity index (χ1v) is 9.76. The van der Waals surface area contributed by atoms with Crippen molar-refractivity contribution in [2.45, 2.75) is 63.6 Å². The summed E-state index contributed by atoms with van der Waals surface area (Å²) in [6, 6.07) is 0. The molecular weight excluding hydrogens is 370 g/mol. The fourth-order valence-corrected chi connectivity index (χ4v) is 7.00. The number of allylic oxidation sites excluding steroid dienone is 4. The van der Waals surface area contributed by atoms with E-state index in [1.54, 1.807) is 13.8 Å². The Morgan fingerprint density at radius 1 is 1.25 bits per heavy atom. The number of fused-ring (bicyclic) bond motifs is 5. The molecule has 0 radical (unpaired) electrons. The van der Waals surface area contributed by atoms with Crippen LogP contribution in [0.2, 0.25) is 0 Å². The molecule has 5 nitrogen and oxygen atoms in total. The third kappa shape index (κ3) is 1.92. The highest BCUT2D eigenvalue weighted by Gasteiger charge is 2.76. The van der Waals surface area contributed by atoms with Gasteiger partial charge in [-0.3, -0.25) is 4.79 Å². The van der Waals surface area contributed by atoms with Gasteiger partial charge in [-0.15, -0.1) is 0 Å². The number of hydrogen-bond acceptors (Lipinski definition) is 4. The van der Waals surface area contributed by atoms with Crippen molar-refractivity contribution in [2.75, 3.05) is 0 Å². The Morgan fingerprint density at radius 3 is 2.50 bits per heavy atom. The van der Waals surface area contributed by atoms with Gasteiger partial charge in [0.25, 0.3) is 0 Å². The normalized spacial score (nSPS) is 55.2. The second kappa shape index (κ2) is 5.51. The molecule has 0 aromatic heterocycles. The predicted octanol–water partition coefficient (Wildman–Crippen LogP) is 2.37. The van der Waals surface area contributed by atoms with E-state index in [-0.39, 0.29) is 24.8 Å². The van der Waals surface area contributed by atoms with Crippen LogP contribution in [0.5, 0.6) is 0 Å². The van der Waals surface area contributed by atoms with Gasteiger partial charge >= 0.3 is 5.97 Å². The van der Waals surface area contributed by atoms with Gasteiger partial charge in [-0.2, -0.15) is 0 Å². The summed E-state index contributed by atoms with van der Waals surface area (Å²) in [6.07, 6.45) is 0.214. The Kier molecular flexibility index (Phi) is 3.88. The molecule has 0 spiro atoms. The molecule has 0 bridgehead atoms. The number of carboxylic acids is 1. The van der Waals surface area contributed by atoms with E-state index in [1.807, 2.05) is 0 Å². The molecule has 4 aliphatic carbocycles. The molecule has 154 valence electrons. The summed E-state index contributed by atoms with van der Waals surface area (Å²) in [7, 11) is 0.